The molecule has 1 aromatic rings. The minimum Gasteiger partial charge on any atom is -0.491 e. The van der Waals surface area contributed by atoms with Crippen molar-refractivity contribution < 1.29 is 19.4 Å². The predicted octanol–water partition coefficient (Wildman–Crippen LogP) is 2.64. The molecule has 1 aromatic carbocycles. The summed E-state index contributed by atoms with van der Waals surface area (Å²) in [7, 11) is 1.70. The number of aliphatic hydroxyl groups excluding tert-OH is 1. The lowest BCUT2D eigenvalue weighted by molar-refractivity contribution is -0.135. The number of urea groups is 1. The summed E-state index contributed by atoms with van der Waals surface area (Å²) >= 11 is 0. The summed E-state index contributed by atoms with van der Waals surface area (Å²) in [4.78, 5) is 28.3. The number of likely N-dealkylation sites (N-methyl/N-ethyl adjacent to an activating group) is 1. The largest absolute Gasteiger partial charge is 0.491 e. The van der Waals surface area contributed by atoms with Crippen molar-refractivity contribution in [2.75, 3.05) is 20.2 Å². The van der Waals surface area contributed by atoms with Crippen LogP contribution in [0.15, 0.2) is 18.2 Å². The normalized spacial score (nSPS) is 20.8. The Labute approximate surface area is 154 Å². The van der Waals surface area contributed by atoms with E-state index in [1.165, 1.54) is 4.90 Å². The number of carbonyl (C=O) groups is 2. The Morgan fingerprint density at radius 2 is 1.88 bits per heavy atom. The molecule has 0 bridgehead atoms. The van der Waals surface area contributed by atoms with Gasteiger partial charge in [0.2, 0.25) is 0 Å². The minimum absolute atomic E-state index is 0.0331. The van der Waals surface area contributed by atoms with E-state index in [-0.39, 0.29) is 25.1 Å². The topological polar surface area (TPSA) is 70.1 Å². The standard InChI is InChI=1S/C20H28N2O4/c1-14-7-8-15(2)17(11-14)26-13-16(23)12-22-18(24)20(21(3)19(22)25)9-5-4-6-10-20/h7-8,11,16,23H,4-6,9-10,12-13H2,1-3H3/t16-/m0/s1. The van der Waals surface area contributed by atoms with E-state index in [1.54, 1.807) is 11.9 Å². The van der Waals surface area contributed by atoms with Gasteiger partial charge in [-0.05, 0) is 43.9 Å². The van der Waals surface area contributed by atoms with Gasteiger partial charge in [-0.3, -0.25) is 9.69 Å². The fourth-order valence-electron chi connectivity index (χ4n) is 4.00. The van der Waals surface area contributed by atoms with Crippen LogP contribution in [0.25, 0.3) is 0 Å². The van der Waals surface area contributed by atoms with Crippen LogP contribution < -0.4 is 4.74 Å². The molecule has 1 aliphatic carbocycles. The number of hydrogen-bond acceptors (Lipinski definition) is 4. The Morgan fingerprint density at radius 3 is 2.58 bits per heavy atom. The zero-order valence-corrected chi connectivity index (χ0v) is 15.8. The zero-order chi connectivity index (χ0) is 18.9. The highest BCUT2D eigenvalue weighted by Gasteiger charge is 2.55. The molecule has 6 nitrogen and oxygen atoms in total. The van der Waals surface area contributed by atoms with Gasteiger partial charge in [0, 0.05) is 7.05 Å². The molecule has 1 aliphatic heterocycles. The Balaban J connectivity index is 1.63. The van der Waals surface area contributed by atoms with Crippen LogP contribution in [-0.4, -0.2) is 58.7 Å². The Kier molecular flexibility index (Phi) is 5.23. The number of rotatable bonds is 5. The summed E-state index contributed by atoms with van der Waals surface area (Å²) in [6.45, 7) is 3.92. The first-order valence-electron chi connectivity index (χ1n) is 9.33. The summed E-state index contributed by atoms with van der Waals surface area (Å²) in [5.74, 6) is 0.541. The van der Waals surface area contributed by atoms with Crippen molar-refractivity contribution in [3.8, 4) is 5.75 Å². The van der Waals surface area contributed by atoms with Crippen molar-refractivity contribution >= 4 is 11.9 Å². The molecule has 1 heterocycles. The highest BCUT2D eigenvalue weighted by Crippen LogP contribution is 2.39. The van der Waals surface area contributed by atoms with E-state index in [0.717, 1.165) is 30.4 Å². The molecule has 1 saturated carbocycles. The third-order valence-electron chi connectivity index (χ3n) is 5.65. The molecule has 6 heteroatoms. The predicted molar refractivity (Wildman–Crippen MR) is 98.1 cm³/mol. The molecule has 0 radical (unpaired) electrons. The molecule has 1 saturated heterocycles. The highest BCUT2D eigenvalue weighted by atomic mass is 16.5. The molecular formula is C20H28N2O4. The van der Waals surface area contributed by atoms with Crippen LogP contribution in [0, 0.1) is 13.8 Å². The quantitative estimate of drug-likeness (QED) is 0.820. The maximum atomic E-state index is 12.9. The fraction of sp³-hybridized carbons (Fsp3) is 0.600. The lowest BCUT2D eigenvalue weighted by Crippen LogP contribution is -2.49. The van der Waals surface area contributed by atoms with Gasteiger partial charge in [-0.15, -0.1) is 0 Å². The number of imide groups is 1. The summed E-state index contributed by atoms with van der Waals surface area (Å²) < 4.78 is 5.71. The fourth-order valence-corrected chi connectivity index (χ4v) is 4.00. The van der Waals surface area contributed by atoms with E-state index in [2.05, 4.69) is 0 Å². The number of nitrogens with zero attached hydrogens (tertiary/aromatic N) is 2. The maximum Gasteiger partial charge on any atom is 0.327 e. The number of carbonyl (C=O) groups excluding carboxylic acids is 2. The molecule has 0 aromatic heterocycles. The maximum absolute atomic E-state index is 12.9. The lowest BCUT2D eigenvalue weighted by Gasteiger charge is -2.35. The molecule has 2 aliphatic rings. The molecule has 1 N–H and O–H groups in total. The smallest absolute Gasteiger partial charge is 0.327 e. The van der Waals surface area contributed by atoms with Gasteiger partial charge in [0.25, 0.3) is 5.91 Å². The molecule has 0 unspecified atom stereocenters. The van der Waals surface area contributed by atoms with Crippen molar-refractivity contribution in [1.29, 1.82) is 0 Å². The summed E-state index contributed by atoms with van der Waals surface area (Å²) in [5, 5.41) is 10.4. The first-order valence-corrected chi connectivity index (χ1v) is 9.33. The summed E-state index contributed by atoms with van der Waals surface area (Å²) in [6.07, 6.45) is 3.50. The van der Waals surface area contributed by atoms with Crippen LogP contribution in [0.3, 0.4) is 0 Å². The molecule has 3 amide bonds. The number of β-amino-alcohol motifs (C(OH)–C–C–N with tert-alkyl or cyclic N) is 1. The van der Waals surface area contributed by atoms with Gasteiger partial charge in [0.15, 0.2) is 0 Å². The first kappa shape index (κ1) is 18.7. The Morgan fingerprint density at radius 1 is 1.19 bits per heavy atom. The molecule has 1 spiro atoms. The third kappa shape index (κ3) is 3.30. The number of benzene rings is 1. The Bertz CT molecular complexity index is 697. The Hall–Kier alpha value is -2.08. The van der Waals surface area contributed by atoms with Gasteiger partial charge >= 0.3 is 6.03 Å². The van der Waals surface area contributed by atoms with Crippen LogP contribution in [0.1, 0.15) is 43.2 Å². The number of aryl methyl sites for hydroxylation is 2. The molecule has 3 rings (SSSR count). The van der Waals surface area contributed by atoms with Gasteiger partial charge in [-0.25, -0.2) is 4.79 Å². The molecule has 1 atom stereocenters. The molecule has 26 heavy (non-hydrogen) atoms. The number of amides is 3. The van der Waals surface area contributed by atoms with Gasteiger partial charge in [-0.2, -0.15) is 0 Å². The third-order valence-corrected chi connectivity index (χ3v) is 5.65. The van der Waals surface area contributed by atoms with Crippen LogP contribution >= 0.6 is 0 Å². The van der Waals surface area contributed by atoms with Crippen molar-refractivity contribution in [1.82, 2.24) is 9.80 Å². The molecule has 2 fully saturated rings. The number of ether oxygens (including phenoxy) is 1. The van der Waals surface area contributed by atoms with Crippen LogP contribution in [0.2, 0.25) is 0 Å². The van der Waals surface area contributed by atoms with Crippen LogP contribution in [0.4, 0.5) is 4.79 Å². The SMILES string of the molecule is Cc1ccc(C)c(OC[C@@H](O)CN2C(=O)N(C)C3(CCCCC3)C2=O)c1. The second kappa shape index (κ2) is 7.27. The van der Waals surface area contributed by atoms with Crippen molar-refractivity contribution in [3.05, 3.63) is 29.3 Å². The highest BCUT2D eigenvalue weighted by molar-refractivity contribution is 6.07. The van der Waals surface area contributed by atoms with Crippen molar-refractivity contribution in [2.24, 2.45) is 0 Å². The van der Waals surface area contributed by atoms with E-state index in [1.807, 2.05) is 32.0 Å². The van der Waals surface area contributed by atoms with Crippen molar-refractivity contribution in [3.63, 3.8) is 0 Å². The van der Waals surface area contributed by atoms with E-state index >= 15 is 0 Å². The number of hydrogen-bond donors (Lipinski definition) is 1. The van der Waals surface area contributed by atoms with Crippen molar-refractivity contribution in [2.45, 2.75) is 57.6 Å². The van der Waals surface area contributed by atoms with Crippen LogP contribution in [0.5, 0.6) is 5.75 Å². The second-order valence-corrected chi connectivity index (χ2v) is 7.58. The molecular weight excluding hydrogens is 332 g/mol. The van der Waals surface area contributed by atoms with E-state index < -0.39 is 11.6 Å². The monoisotopic (exact) mass is 360 g/mol. The van der Waals surface area contributed by atoms with Gasteiger partial charge in [0.1, 0.15) is 24.0 Å². The van der Waals surface area contributed by atoms with Gasteiger partial charge < -0.3 is 14.7 Å². The molecule has 142 valence electrons. The van der Waals surface area contributed by atoms with Gasteiger partial charge in [0.05, 0.1) is 6.54 Å². The van der Waals surface area contributed by atoms with E-state index in [0.29, 0.717) is 18.6 Å². The van der Waals surface area contributed by atoms with Gasteiger partial charge in [-0.1, -0.05) is 31.4 Å². The minimum atomic E-state index is -0.921. The average Bonchev–Trinajstić information content (AvgIpc) is 2.79. The second-order valence-electron chi connectivity index (χ2n) is 7.58. The lowest BCUT2D eigenvalue weighted by atomic mass is 9.81. The first-order chi connectivity index (χ1) is 12.3. The summed E-state index contributed by atoms with van der Waals surface area (Å²) in [5.41, 5.74) is 1.35. The summed E-state index contributed by atoms with van der Waals surface area (Å²) in [6, 6.07) is 5.56. The van der Waals surface area contributed by atoms with Crippen LogP contribution in [-0.2, 0) is 4.79 Å². The van der Waals surface area contributed by atoms with E-state index in [4.69, 9.17) is 4.74 Å². The average molecular weight is 360 g/mol. The zero-order valence-electron chi connectivity index (χ0n) is 15.8. The number of aliphatic hydroxyl groups is 1. The van der Waals surface area contributed by atoms with E-state index in [9.17, 15) is 14.7 Å².